The molecule has 10 heteroatoms. The average molecular weight is 541 g/mol. The Morgan fingerprint density at radius 1 is 1.05 bits per heavy atom. The van der Waals surface area contributed by atoms with Gasteiger partial charge in [-0.05, 0) is 41.3 Å². The summed E-state index contributed by atoms with van der Waals surface area (Å²) >= 11 is 2.45. The van der Waals surface area contributed by atoms with Crippen LogP contribution in [-0.4, -0.2) is 23.0 Å². The number of nitrogen functional groups attached to an aromatic ring is 2. The van der Waals surface area contributed by atoms with Crippen LogP contribution in [0.25, 0.3) is 32.6 Å². The van der Waals surface area contributed by atoms with Gasteiger partial charge in [0.25, 0.3) is 5.91 Å². The number of carbonyl (C=O) groups excluding carboxylic acids is 1. The van der Waals surface area contributed by atoms with E-state index in [1.807, 2.05) is 53.9 Å². The van der Waals surface area contributed by atoms with Gasteiger partial charge in [-0.2, -0.15) is 5.26 Å². The standard InChI is InChI=1S/C28H24N6O2S2/c1-14(2)15-4-6-17(7-5-15)21-19(12-29)25(31)33-27-22(21)23(30)24(38-27)26(35)34-28-32-20(13-37-28)16-8-10-18(36-3)11-9-16/h4-11,13-14H,30H2,1-3H3,(H2,31,33)(H,32,34,35). The first-order valence-electron chi connectivity index (χ1n) is 11.7. The van der Waals surface area contributed by atoms with Gasteiger partial charge in [0.1, 0.15) is 32.9 Å². The zero-order chi connectivity index (χ0) is 27.0. The van der Waals surface area contributed by atoms with Crippen molar-refractivity contribution in [1.29, 1.82) is 5.26 Å². The van der Waals surface area contributed by atoms with Gasteiger partial charge < -0.3 is 16.2 Å². The maximum atomic E-state index is 13.3. The number of thiazole rings is 1. The van der Waals surface area contributed by atoms with Crippen LogP contribution in [0.15, 0.2) is 53.9 Å². The van der Waals surface area contributed by atoms with Crippen LogP contribution in [0.3, 0.4) is 0 Å². The summed E-state index contributed by atoms with van der Waals surface area (Å²) in [5, 5.41) is 15.6. The fourth-order valence-corrected chi connectivity index (χ4v) is 5.88. The van der Waals surface area contributed by atoms with Gasteiger partial charge in [-0.25, -0.2) is 9.97 Å². The van der Waals surface area contributed by atoms with E-state index in [1.54, 1.807) is 7.11 Å². The molecule has 1 amide bonds. The molecule has 0 saturated carbocycles. The Hall–Kier alpha value is -4.46. The highest BCUT2D eigenvalue weighted by Gasteiger charge is 2.25. The number of methoxy groups -OCH3 is 1. The van der Waals surface area contributed by atoms with Crippen LogP contribution in [0.2, 0.25) is 0 Å². The van der Waals surface area contributed by atoms with E-state index >= 15 is 0 Å². The van der Waals surface area contributed by atoms with Gasteiger partial charge in [-0.1, -0.05) is 38.1 Å². The molecule has 5 N–H and O–H groups in total. The topological polar surface area (TPSA) is 140 Å². The predicted octanol–water partition coefficient (Wildman–Crippen LogP) is 6.51. The number of nitrogens with zero attached hydrogens (tertiary/aromatic N) is 3. The third kappa shape index (κ3) is 4.53. The first-order chi connectivity index (χ1) is 18.3. The summed E-state index contributed by atoms with van der Waals surface area (Å²) in [5.74, 6) is 0.806. The highest BCUT2D eigenvalue weighted by molar-refractivity contribution is 7.21. The van der Waals surface area contributed by atoms with Crippen molar-refractivity contribution in [2.45, 2.75) is 19.8 Å². The Bertz CT molecular complexity index is 1700. The van der Waals surface area contributed by atoms with E-state index in [0.717, 1.165) is 33.9 Å². The van der Waals surface area contributed by atoms with Crippen molar-refractivity contribution in [2.24, 2.45) is 0 Å². The van der Waals surface area contributed by atoms with Gasteiger partial charge in [-0.3, -0.25) is 10.1 Å². The minimum absolute atomic E-state index is 0.0974. The van der Waals surface area contributed by atoms with Crippen LogP contribution in [0, 0.1) is 11.3 Å². The molecule has 3 aromatic heterocycles. The number of benzene rings is 2. The number of hydrogen-bond acceptors (Lipinski definition) is 9. The van der Waals surface area contributed by atoms with Crippen molar-refractivity contribution in [3.63, 3.8) is 0 Å². The van der Waals surface area contributed by atoms with Gasteiger partial charge in [-0.15, -0.1) is 22.7 Å². The normalized spacial score (nSPS) is 11.0. The molecular weight excluding hydrogens is 516 g/mol. The van der Waals surface area contributed by atoms with Crippen molar-refractivity contribution >= 4 is 55.4 Å². The van der Waals surface area contributed by atoms with Crippen LogP contribution in [0.5, 0.6) is 5.75 Å². The third-order valence-electron chi connectivity index (χ3n) is 6.20. The molecule has 0 spiro atoms. The minimum Gasteiger partial charge on any atom is -0.497 e. The number of nitrogens with one attached hydrogen (secondary N) is 1. The number of nitrogens with two attached hydrogens (primary N) is 2. The molecule has 0 fully saturated rings. The lowest BCUT2D eigenvalue weighted by Gasteiger charge is -2.11. The summed E-state index contributed by atoms with van der Waals surface area (Å²) < 4.78 is 5.20. The van der Waals surface area contributed by atoms with Crippen molar-refractivity contribution in [1.82, 2.24) is 9.97 Å². The van der Waals surface area contributed by atoms with Gasteiger partial charge in [0, 0.05) is 21.9 Å². The molecule has 0 radical (unpaired) electrons. The van der Waals surface area contributed by atoms with Crippen LogP contribution in [-0.2, 0) is 0 Å². The number of hydrogen-bond donors (Lipinski definition) is 3. The van der Waals surface area contributed by atoms with Crippen molar-refractivity contribution < 1.29 is 9.53 Å². The lowest BCUT2D eigenvalue weighted by Crippen LogP contribution is -2.11. The molecule has 2 aromatic carbocycles. The van der Waals surface area contributed by atoms with E-state index in [1.165, 1.54) is 16.9 Å². The first kappa shape index (κ1) is 25.2. The molecule has 8 nitrogen and oxygen atoms in total. The number of thiophene rings is 1. The minimum atomic E-state index is -0.403. The quantitative estimate of drug-likeness (QED) is 0.223. The molecule has 0 aliphatic rings. The van der Waals surface area contributed by atoms with E-state index < -0.39 is 5.91 Å². The van der Waals surface area contributed by atoms with Crippen molar-refractivity contribution in [3.05, 3.63) is 69.9 Å². The van der Waals surface area contributed by atoms with Crippen molar-refractivity contribution in [2.75, 3.05) is 23.9 Å². The Morgan fingerprint density at radius 3 is 2.37 bits per heavy atom. The maximum Gasteiger partial charge on any atom is 0.269 e. The molecule has 5 rings (SSSR count). The second-order valence-electron chi connectivity index (χ2n) is 8.88. The number of amides is 1. The predicted molar refractivity (Wildman–Crippen MR) is 155 cm³/mol. The van der Waals surface area contributed by atoms with Crippen LogP contribution in [0.1, 0.15) is 40.6 Å². The fourth-order valence-electron chi connectivity index (χ4n) is 4.15. The number of fused-ring (bicyclic) bond motifs is 1. The molecule has 190 valence electrons. The molecular formula is C28H24N6O2S2. The molecule has 0 aliphatic carbocycles. The molecule has 38 heavy (non-hydrogen) atoms. The van der Waals surface area contributed by atoms with Crippen LogP contribution in [0.4, 0.5) is 16.6 Å². The summed E-state index contributed by atoms with van der Waals surface area (Å²) in [6.45, 7) is 4.23. The number of rotatable bonds is 6. The number of carbonyl (C=O) groups is 1. The summed E-state index contributed by atoms with van der Waals surface area (Å²) in [7, 11) is 1.61. The number of aromatic nitrogens is 2. The number of nitriles is 1. The Morgan fingerprint density at radius 2 is 1.74 bits per heavy atom. The summed E-state index contributed by atoms with van der Waals surface area (Å²) in [6.07, 6.45) is 0. The average Bonchev–Trinajstić information content (AvgIpc) is 3.52. The summed E-state index contributed by atoms with van der Waals surface area (Å²) in [5.41, 5.74) is 17.4. The number of pyridine rings is 1. The van der Waals surface area contributed by atoms with E-state index in [0.29, 0.717) is 26.8 Å². The second kappa shape index (κ2) is 10.1. The SMILES string of the molecule is COc1ccc(-c2csc(NC(=O)c3sc4nc(N)c(C#N)c(-c5ccc(C(C)C)cc5)c4c3N)n2)cc1. The zero-order valence-electron chi connectivity index (χ0n) is 20.9. The Balaban J connectivity index is 1.51. The van der Waals surface area contributed by atoms with Crippen LogP contribution >= 0.6 is 22.7 Å². The second-order valence-corrected chi connectivity index (χ2v) is 10.7. The number of anilines is 3. The maximum absolute atomic E-state index is 13.3. The molecule has 3 heterocycles. The fraction of sp³-hybridized carbons (Fsp3) is 0.143. The molecule has 0 unspecified atom stereocenters. The summed E-state index contributed by atoms with van der Waals surface area (Å²) in [4.78, 5) is 23.0. The van der Waals surface area contributed by atoms with Gasteiger partial charge >= 0.3 is 0 Å². The van der Waals surface area contributed by atoms with E-state index in [2.05, 4.69) is 35.2 Å². The monoisotopic (exact) mass is 540 g/mol. The largest absolute Gasteiger partial charge is 0.497 e. The zero-order valence-corrected chi connectivity index (χ0v) is 22.5. The molecule has 5 aromatic rings. The van der Waals surface area contributed by atoms with Gasteiger partial charge in [0.2, 0.25) is 0 Å². The lowest BCUT2D eigenvalue weighted by atomic mass is 9.94. The molecule has 0 atom stereocenters. The lowest BCUT2D eigenvalue weighted by molar-refractivity contribution is 0.103. The smallest absolute Gasteiger partial charge is 0.269 e. The van der Waals surface area contributed by atoms with Gasteiger partial charge in [0.15, 0.2) is 5.13 Å². The van der Waals surface area contributed by atoms with E-state index in [9.17, 15) is 10.1 Å². The van der Waals surface area contributed by atoms with Crippen LogP contribution < -0.4 is 21.5 Å². The van der Waals surface area contributed by atoms with Gasteiger partial charge in [0.05, 0.1) is 18.5 Å². The van der Waals surface area contributed by atoms with Crippen molar-refractivity contribution in [3.8, 4) is 34.2 Å². The van der Waals surface area contributed by atoms with E-state index in [-0.39, 0.29) is 21.9 Å². The van der Waals surface area contributed by atoms with E-state index in [4.69, 9.17) is 16.2 Å². The first-order valence-corrected chi connectivity index (χ1v) is 13.4. The highest BCUT2D eigenvalue weighted by atomic mass is 32.1. The summed E-state index contributed by atoms with van der Waals surface area (Å²) in [6, 6.07) is 17.6. The third-order valence-corrected chi connectivity index (χ3v) is 8.06. The highest BCUT2D eigenvalue weighted by Crippen LogP contribution is 2.43. The molecule has 0 aliphatic heterocycles. The Labute approximate surface area is 227 Å². The molecule has 0 saturated heterocycles. The Kier molecular flexibility index (Phi) is 6.72. The molecule has 0 bridgehead atoms. The number of ether oxygens (including phenoxy) is 1.